The SMILES string of the molecule is CCS(=O)(=O)N1CCc2nc(NC(=O)CCn3cnc4ccccc4c3=O)sc2C1. The number of rotatable bonds is 6. The lowest BCUT2D eigenvalue weighted by Gasteiger charge is -2.24. The van der Waals surface area contributed by atoms with E-state index in [2.05, 4.69) is 15.3 Å². The van der Waals surface area contributed by atoms with Gasteiger partial charge < -0.3 is 5.32 Å². The van der Waals surface area contributed by atoms with Crippen LogP contribution in [0.3, 0.4) is 0 Å². The van der Waals surface area contributed by atoms with Crippen molar-refractivity contribution in [3.8, 4) is 0 Å². The van der Waals surface area contributed by atoms with Gasteiger partial charge in [0.25, 0.3) is 5.56 Å². The normalized spacial score (nSPS) is 14.6. The largest absolute Gasteiger partial charge is 0.302 e. The first-order valence-corrected chi connectivity index (χ1v) is 12.0. The van der Waals surface area contributed by atoms with Gasteiger partial charge in [-0.3, -0.25) is 14.2 Å². The first-order valence-electron chi connectivity index (χ1n) is 9.58. The van der Waals surface area contributed by atoms with E-state index in [4.69, 9.17) is 0 Å². The molecule has 0 atom stereocenters. The fraction of sp³-hybridized carbons (Fsp3) is 0.368. The summed E-state index contributed by atoms with van der Waals surface area (Å²) in [5, 5.41) is 3.72. The zero-order chi connectivity index (χ0) is 21.3. The third-order valence-electron chi connectivity index (χ3n) is 5.01. The van der Waals surface area contributed by atoms with Crippen molar-refractivity contribution in [1.82, 2.24) is 18.8 Å². The molecule has 0 saturated carbocycles. The molecular weight excluding hydrogens is 426 g/mol. The Hall–Kier alpha value is -2.63. The highest BCUT2D eigenvalue weighted by molar-refractivity contribution is 7.89. The number of fused-ring (bicyclic) bond motifs is 2. The van der Waals surface area contributed by atoms with Gasteiger partial charge in [0.1, 0.15) is 0 Å². The van der Waals surface area contributed by atoms with Crippen LogP contribution in [0.1, 0.15) is 23.9 Å². The van der Waals surface area contributed by atoms with E-state index >= 15 is 0 Å². The number of anilines is 1. The van der Waals surface area contributed by atoms with E-state index in [-0.39, 0.29) is 36.7 Å². The number of benzene rings is 1. The molecule has 0 fully saturated rings. The van der Waals surface area contributed by atoms with Crippen molar-refractivity contribution < 1.29 is 13.2 Å². The maximum Gasteiger partial charge on any atom is 0.261 e. The smallest absolute Gasteiger partial charge is 0.261 e. The molecule has 11 heteroatoms. The Kier molecular flexibility index (Phi) is 5.67. The topological polar surface area (TPSA) is 114 Å². The summed E-state index contributed by atoms with van der Waals surface area (Å²) < 4.78 is 27.0. The quantitative estimate of drug-likeness (QED) is 0.614. The molecule has 0 unspecified atom stereocenters. The van der Waals surface area contributed by atoms with Crippen LogP contribution in [-0.2, 0) is 34.3 Å². The van der Waals surface area contributed by atoms with Crippen molar-refractivity contribution in [3.05, 3.63) is 51.5 Å². The molecule has 1 aliphatic rings. The lowest BCUT2D eigenvalue weighted by atomic mass is 10.2. The Morgan fingerprint density at radius 1 is 1.30 bits per heavy atom. The monoisotopic (exact) mass is 447 g/mol. The lowest BCUT2D eigenvalue weighted by molar-refractivity contribution is -0.116. The Morgan fingerprint density at radius 2 is 2.10 bits per heavy atom. The molecule has 30 heavy (non-hydrogen) atoms. The number of carbonyl (C=O) groups is 1. The number of amides is 1. The van der Waals surface area contributed by atoms with Gasteiger partial charge in [0.15, 0.2) is 5.13 Å². The first-order chi connectivity index (χ1) is 14.4. The number of hydrogen-bond donors (Lipinski definition) is 1. The van der Waals surface area contributed by atoms with Crippen molar-refractivity contribution in [3.63, 3.8) is 0 Å². The Morgan fingerprint density at radius 3 is 2.90 bits per heavy atom. The lowest BCUT2D eigenvalue weighted by Crippen LogP contribution is -2.36. The van der Waals surface area contributed by atoms with E-state index in [0.29, 0.717) is 29.0 Å². The number of aromatic nitrogens is 3. The molecule has 9 nitrogen and oxygen atoms in total. The van der Waals surface area contributed by atoms with E-state index in [9.17, 15) is 18.0 Å². The molecule has 1 N–H and O–H groups in total. The maximum absolute atomic E-state index is 12.5. The molecule has 158 valence electrons. The van der Waals surface area contributed by atoms with Crippen LogP contribution >= 0.6 is 11.3 Å². The first kappa shape index (κ1) is 20.6. The average Bonchev–Trinajstić information content (AvgIpc) is 3.14. The highest BCUT2D eigenvalue weighted by Gasteiger charge is 2.28. The number of thiazole rings is 1. The summed E-state index contributed by atoms with van der Waals surface area (Å²) in [6.45, 7) is 2.52. The van der Waals surface area contributed by atoms with E-state index in [1.54, 1.807) is 25.1 Å². The van der Waals surface area contributed by atoms with E-state index in [1.807, 2.05) is 6.07 Å². The van der Waals surface area contributed by atoms with Gasteiger partial charge in [-0.2, -0.15) is 4.31 Å². The van der Waals surface area contributed by atoms with Crippen LogP contribution < -0.4 is 10.9 Å². The van der Waals surface area contributed by atoms with Crippen molar-refractivity contribution in [2.45, 2.75) is 32.9 Å². The van der Waals surface area contributed by atoms with E-state index < -0.39 is 10.0 Å². The summed E-state index contributed by atoms with van der Waals surface area (Å²) in [7, 11) is -3.25. The van der Waals surface area contributed by atoms with Crippen molar-refractivity contribution in [1.29, 1.82) is 0 Å². The van der Waals surface area contributed by atoms with Crippen LogP contribution in [0.5, 0.6) is 0 Å². The molecule has 0 aliphatic carbocycles. The van der Waals surface area contributed by atoms with Gasteiger partial charge in [-0.05, 0) is 19.1 Å². The summed E-state index contributed by atoms with van der Waals surface area (Å²) in [6.07, 6.45) is 2.07. The summed E-state index contributed by atoms with van der Waals surface area (Å²) in [5.74, 6) is -0.201. The summed E-state index contributed by atoms with van der Waals surface area (Å²) in [5.41, 5.74) is 1.26. The molecule has 1 aliphatic heterocycles. The highest BCUT2D eigenvalue weighted by Crippen LogP contribution is 2.29. The van der Waals surface area contributed by atoms with Crippen LogP contribution in [0.2, 0.25) is 0 Å². The standard InChI is InChI=1S/C19H21N5O4S2/c1-2-30(27,28)24-10-7-15-16(11-24)29-19(21-15)22-17(25)8-9-23-12-20-14-6-4-3-5-13(14)18(23)26/h3-6,12H,2,7-11H2,1H3,(H,21,22,25). The van der Waals surface area contributed by atoms with Gasteiger partial charge in [0.05, 0.1) is 28.7 Å². The molecule has 0 saturated heterocycles. The van der Waals surface area contributed by atoms with Crippen LogP contribution in [0.15, 0.2) is 35.4 Å². The van der Waals surface area contributed by atoms with Crippen molar-refractivity contribution in [2.75, 3.05) is 17.6 Å². The minimum atomic E-state index is -3.25. The second kappa shape index (κ2) is 8.25. The summed E-state index contributed by atoms with van der Waals surface area (Å²) in [6, 6.07) is 7.07. The third kappa shape index (κ3) is 4.13. The number of carbonyl (C=O) groups excluding carboxylic acids is 1. The fourth-order valence-electron chi connectivity index (χ4n) is 3.31. The van der Waals surface area contributed by atoms with Gasteiger partial charge in [-0.25, -0.2) is 18.4 Å². The van der Waals surface area contributed by atoms with Crippen LogP contribution in [0, 0.1) is 0 Å². The molecule has 3 aromatic rings. The molecular formula is C19H21N5O4S2. The second-order valence-corrected chi connectivity index (χ2v) is 10.3. The molecule has 0 radical (unpaired) electrons. The molecule has 1 aromatic carbocycles. The number of para-hydroxylation sites is 1. The molecule has 3 heterocycles. The van der Waals surface area contributed by atoms with Crippen LogP contribution in [-0.4, -0.2) is 45.5 Å². The second-order valence-electron chi connectivity index (χ2n) is 6.93. The Bertz CT molecular complexity index is 1270. The average molecular weight is 448 g/mol. The Balaban J connectivity index is 1.40. The number of sulfonamides is 1. The predicted molar refractivity (Wildman–Crippen MR) is 115 cm³/mol. The third-order valence-corrected chi connectivity index (χ3v) is 7.84. The summed E-state index contributed by atoms with van der Waals surface area (Å²) >= 11 is 1.29. The van der Waals surface area contributed by atoms with Crippen LogP contribution in [0.25, 0.3) is 10.9 Å². The zero-order valence-corrected chi connectivity index (χ0v) is 18.0. The molecule has 0 bridgehead atoms. The van der Waals surface area contributed by atoms with Crippen molar-refractivity contribution >= 4 is 43.3 Å². The van der Waals surface area contributed by atoms with E-state index in [0.717, 1.165) is 10.6 Å². The molecule has 0 spiro atoms. The number of nitrogens with one attached hydrogen (secondary N) is 1. The van der Waals surface area contributed by atoms with Gasteiger partial charge in [-0.15, -0.1) is 11.3 Å². The highest BCUT2D eigenvalue weighted by atomic mass is 32.2. The van der Waals surface area contributed by atoms with Gasteiger partial charge in [0.2, 0.25) is 15.9 Å². The molecule has 2 aromatic heterocycles. The summed E-state index contributed by atoms with van der Waals surface area (Å²) in [4.78, 5) is 34.4. The number of nitrogens with zero attached hydrogens (tertiary/aromatic N) is 4. The number of aryl methyl sites for hydroxylation is 1. The molecule has 4 rings (SSSR count). The zero-order valence-electron chi connectivity index (χ0n) is 16.4. The Labute approximate surface area is 177 Å². The minimum Gasteiger partial charge on any atom is -0.302 e. The fourth-order valence-corrected chi connectivity index (χ4v) is 5.50. The predicted octanol–water partition coefficient (Wildman–Crippen LogP) is 1.59. The number of hydrogen-bond acceptors (Lipinski definition) is 7. The van der Waals surface area contributed by atoms with Gasteiger partial charge in [-0.1, -0.05) is 12.1 Å². The van der Waals surface area contributed by atoms with Crippen molar-refractivity contribution in [2.24, 2.45) is 0 Å². The van der Waals surface area contributed by atoms with Crippen LogP contribution in [0.4, 0.5) is 5.13 Å². The van der Waals surface area contributed by atoms with Gasteiger partial charge in [0, 0.05) is 37.4 Å². The minimum absolute atomic E-state index is 0.0632. The molecule has 1 amide bonds. The van der Waals surface area contributed by atoms with Gasteiger partial charge >= 0.3 is 0 Å². The van der Waals surface area contributed by atoms with E-state index in [1.165, 1.54) is 26.5 Å². The maximum atomic E-state index is 12.5.